The highest BCUT2D eigenvalue weighted by Gasteiger charge is 2.31. The number of amides is 1. The third-order valence-electron chi connectivity index (χ3n) is 6.09. The van der Waals surface area contributed by atoms with Crippen LogP contribution in [0.1, 0.15) is 65.5 Å². The fourth-order valence-electron chi connectivity index (χ4n) is 4.43. The number of amidine groups is 1. The summed E-state index contributed by atoms with van der Waals surface area (Å²) >= 11 is 1.35. The Morgan fingerprint density at radius 3 is 2.48 bits per heavy atom. The van der Waals surface area contributed by atoms with Crippen LogP contribution in [0, 0.1) is 13.8 Å². The van der Waals surface area contributed by atoms with Crippen LogP contribution in [0.25, 0.3) is 6.08 Å². The second-order valence-corrected chi connectivity index (χ2v) is 9.22. The lowest BCUT2D eigenvalue weighted by Gasteiger charge is -2.26. The largest absolute Gasteiger partial charge is 0.478 e. The molecular weight excluding hydrogens is 410 g/mol. The van der Waals surface area contributed by atoms with Gasteiger partial charge in [0.2, 0.25) is 0 Å². The van der Waals surface area contributed by atoms with Gasteiger partial charge in [-0.05, 0) is 80.4 Å². The Balaban J connectivity index is 1.59. The number of carbonyl (C=O) groups is 2. The van der Waals surface area contributed by atoms with Crippen molar-refractivity contribution >= 4 is 40.6 Å². The molecule has 0 bridgehead atoms. The van der Waals surface area contributed by atoms with Gasteiger partial charge < -0.3 is 9.67 Å². The summed E-state index contributed by atoms with van der Waals surface area (Å²) in [5, 5.41) is 9.62. The summed E-state index contributed by atoms with van der Waals surface area (Å²) in [4.78, 5) is 30.6. The van der Waals surface area contributed by atoms with Gasteiger partial charge in [-0.2, -0.15) is 0 Å². The van der Waals surface area contributed by atoms with Crippen LogP contribution in [0.15, 0.2) is 40.2 Å². The summed E-state index contributed by atoms with van der Waals surface area (Å²) in [6.07, 6.45) is 8.31. The molecule has 1 aromatic carbocycles. The zero-order chi connectivity index (χ0) is 22.1. The maximum Gasteiger partial charge on any atom is 0.335 e. The number of carbonyl (C=O) groups excluding carboxylic acids is 1. The monoisotopic (exact) mass is 437 g/mol. The molecule has 1 N–H and O–H groups in total. The first kappa shape index (κ1) is 21.4. The number of aromatic carboxylic acids is 1. The third-order valence-corrected chi connectivity index (χ3v) is 7.15. The van der Waals surface area contributed by atoms with E-state index < -0.39 is 5.97 Å². The molecule has 2 heterocycles. The van der Waals surface area contributed by atoms with Crippen molar-refractivity contribution in [3.8, 4) is 0 Å². The van der Waals surface area contributed by atoms with Crippen LogP contribution in [-0.2, 0) is 4.79 Å². The Morgan fingerprint density at radius 1 is 1.16 bits per heavy atom. The maximum atomic E-state index is 12.8. The standard InChI is InChI=1S/C24H27N3O3S/c1-15-13-18(16(2)27(15)20-7-5-4-6-8-20)14-21-22(28)26(3)24(31-21)25-19-11-9-17(10-12-19)23(29)30/h9-14,20H,4-8H2,1-3H3,(H,29,30)/b21-14-,25-24?. The van der Waals surface area contributed by atoms with Crippen LogP contribution in [0.3, 0.4) is 0 Å². The number of hydrogen-bond acceptors (Lipinski definition) is 4. The molecule has 0 radical (unpaired) electrons. The van der Waals surface area contributed by atoms with E-state index in [9.17, 15) is 9.59 Å². The number of hydrogen-bond donors (Lipinski definition) is 1. The Labute approximate surface area is 186 Å². The minimum absolute atomic E-state index is 0.0756. The van der Waals surface area contributed by atoms with Crippen LogP contribution in [0.5, 0.6) is 0 Å². The quantitative estimate of drug-likeness (QED) is 0.637. The van der Waals surface area contributed by atoms with Crippen molar-refractivity contribution in [2.24, 2.45) is 4.99 Å². The average Bonchev–Trinajstić information content (AvgIpc) is 3.19. The molecule has 1 aliphatic heterocycles. The SMILES string of the molecule is Cc1cc(/C=C2\SC(=Nc3ccc(C(=O)O)cc3)N(C)C2=O)c(C)n1C1CCCCC1. The Kier molecular flexibility index (Phi) is 6.05. The molecule has 6 nitrogen and oxygen atoms in total. The van der Waals surface area contributed by atoms with Gasteiger partial charge in [0.25, 0.3) is 5.91 Å². The van der Waals surface area contributed by atoms with E-state index in [2.05, 4.69) is 29.5 Å². The highest BCUT2D eigenvalue weighted by Crippen LogP contribution is 2.36. The Bertz CT molecular complexity index is 1080. The number of aryl methyl sites for hydroxylation is 1. The van der Waals surface area contributed by atoms with Crippen molar-refractivity contribution < 1.29 is 14.7 Å². The molecule has 1 aromatic heterocycles. The van der Waals surface area contributed by atoms with Crippen LogP contribution in [0.4, 0.5) is 5.69 Å². The minimum atomic E-state index is -0.974. The van der Waals surface area contributed by atoms with Crippen LogP contribution in [-0.4, -0.2) is 38.7 Å². The highest BCUT2D eigenvalue weighted by atomic mass is 32.2. The second kappa shape index (κ2) is 8.75. The molecule has 0 spiro atoms. The van der Waals surface area contributed by atoms with Gasteiger partial charge in [0.15, 0.2) is 5.17 Å². The summed E-state index contributed by atoms with van der Waals surface area (Å²) in [6, 6.07) is 9.05. The number of aromatic nitrogens is 1. The van der Waals surface area contributed by atoms with E-state index in [1.165, 1.54) is 67.4 Å². The molecule has 0 unspecified atom stereocenters. The van der Waals surface area contributed by atoms with E-state index in [0.29, 0.717) is 21.8 Å². The fraction of sp³-hybridized carbons (Fsp3) is 0.375. The maximum absolute atomic E-state index is 12.8. The summed E-state index contributed by atoms with van der Waals surface area (Å²) in [5.74, 6) is -1.05. The fourth-order valence-corrected chi connectivity index (χ4v) is 5.41. The van der Waals surface area contributed by atoms with Crippen LogP contribution >= 0.6 is 11.8 Å². The molecule has 1 aliphatic carbocycles. The number of carboxylic acids is 1. The number of benzene rings is 1. The van der Waals surface area contributed by atoms with Crippen molar-refractivity contribution in [2.75, 3.05) is 7.05 Å². The Hall–Kier alpha value is -2.80. The third kappa shape index (κ3) is 4.32. The molecule has 31 heavy (non-hydrogen) atoms. The molecule has 2 aliphatic rings. The number of likely N-dealkylation sites (N-methyl/N-ethyl adjacent to an activating group) is 1. The van der Waals surface area contributed by atoms with E-state index >= 15 is 0 Å². The predicted octanol–water partition coefficient (Wildman–Crippen LogP) is 5.54. The molecule has 0 atom stereocenters. The first-order chi connectivity index (χ1) is 14.8. The number of carboxylic acid groups (broad SMARTS) is 1. The number of thioether (sulfide) groups is 1. The summed E-state index contributed by atoms with van der Waals surface area (Å²) in [7, 11) is 1.71. The van der Waals surface area contributed by atoms with Gasteiger partial charge in [-0.3, -0.25) is 9.69 Å². The minimum Gasteiger partial charge on any atom is -0.478 e. The topological polar surface area (TPSA) is 74.9 Å². The van der Waals surface area contributed by atoms with Crippen LogP contribution < -0.4 is 0 Å². The number of rotatable bonds is 4. The molecule has 1 saturated carbocycles. The van der Waals surface area contributed by atoms with Crippen molar-refractivity contribution in [3.63, 3.8) is 0 Å². The zero-order valence-electron chi connectivity index (χ0n) is 18.1. The van der Waals surface area contributed by atoms with E-state index in [1.54, 1.807) is 24.1 Å². The van der Waals surface area contributed by atoms with E-state index in [-0.39, 0.29) is 11.5 Å². The number of aliphatic imine (C=N–C) groups is 1. The first-order valence-corrected chi connectivity index (χ1v) is 11.4. The van der Waals surface area contributed by atoms with Crippen molar-refractivity contribution in [2.45, 2.75) is 52.0 Å². The van der Waals surface area contributed by atoms with Gasteiger partial charge in [-0.1, -0.05) is 19.3 Å². The van der Waals surface area contributed by atoms with Crippen LogP contribution in [0.2, 0.25) is 0 Å². The van der Waals surface area contributed by atoms with E-state index in [0.717, 1.165) is 5.56 Å². The number of nitrogens with zero attached hydrogens (tertiary/aromatic N) is 3. The van der Waals surface area contributed by atoms with Gasteiger partial charge in [-0.15, -0.1) is 0 Å². The van der Waals surface area contributed by atoms with Gasteiger partial charge in [0.1, 0.15) is 0 Å². The molecule has 7 heteroatoms. The lowest BCUT2D eigenvalue weighted by Crippen LogP contribution is -2.23. The van der Waals surface area contributed by atoms with Gasteiger partial charge in [-0.25, -0.2) is 9.79 Å². The molecule has 1 saturated heterocycles. The van der Waals surface area contributed by atoms with Crippen molar-refractivity contribution in [3.05, 3.63) is 57.8 Å². The van der Waals surface area contributed by atoms with Crippen molar-refractivity contribution in [1.82, 2.24) is 9.47 Å². The predicted molar refractivity (Wildman–Crippen MR) is 125 cm³/mol. The summed E-state index contributed by atoms with van der Waals surface area (Å²) in [6.45, 7) is 4.29. The Morgan fingerprint density at radius 2 is 1.84 bits per heavy atom. The lowest BCUT2D eigenvalue weighted by molar-refractivity contribution is -0.121. The molecule has 2 aromatic rings. The summed E-state index contributed by atoms with van der Waals surface area (Å²) in [5.41, 5.74) is 4.36. The molecule has 4 rings (SSSR count). The average molecular weight is 438 g/mol. The molecule has 162 valence electrons. The van der Waals surface area contributed by atoms with Gasteiger partial charge >= 0.3 is 5.97 Å². The van der Waals surface area contributed by atoms with E-state index in [4.69, 9.17) is 5.11 Å². The molecule has 1 amide bonds. The molecular formula is C24H27N3O3S. The normalized spacial score (nSPS) is 20.2. The first-order valence-electron chi connectivity index (χ1n) is 10.6. The van der Waals surface area contributed by atoms with Gasteiger partial charge in [0, 0.05) is 24.5 Å². The van der Waals surface area contributed by atoms with Crippen molar-refractivity contribution in [1.29, 1.82) is 0 Å². The zero-order valence-corrected chi connectivity index (χ0v) is 18.9. The highest BCUT2D eigenvalue weighted by molar-refractivity contribution is 8.18. The molecule has 2 fully saturated rings. The lowest BCUT2D eigenvalue weighted by atomic mass is 9.95. The summed E-state index contributed by atoms with van der Waals surface area (Å²) < 4.78 is 2.44. The van der Waals surface area contributed by atoms with Gasteiger partial charge in [0.05, 0.1) is 16.2 Å². The van der Waals surface area contributed by atoms with E-state index in [1.807, 2.05) is 6.08 Å². The smallest absolute Gasteiger partial charge is 0.335 e. The second-order valence-electron chi connectivity index (χ2n) is 8.21.